The molecule has 1 amide bonds. The highest BCUT2D eigenvalue weighted by atomic mass is 16.2. The van der Waals surface area contributed by atoms with Crippen LogP contribution >= 0.6 is 0 Å². The van der Waals surface area contributed by atoms with Crippen molar-refractivity contribution in [2.45, 2.75) is 26.2 Å². The van der Waals surface area contributed by atoms with Gasteiger partial charge in [-0.05, 0) is 26.2 Å². The molecule has 0 bridgehead atoms. The normalized spacial score (nSPS) is 26.7. The number of amides is 1. The molecule has 0 aromatic heterocycles. The SMILES string of the molecule is CC1(C(=O)N2CCCCC2)CNC1. The molecule has 0 unspecified atom stereocenters. The molecule has 0 aliphatic carbocycles. The molecule has 74 valence electrons. The van der Waals surface area contributed by atoms with E-state index in [4.69, 9.17) is 0 Å². The summed E-state index contributed by atoms with van der Waals surface area (Å²) >= 11 is 0. The topological polar surface area (TPSA) is 32.3 Å². The minimum Gasteiger partial charge on any atom is -0.342 e. The van der Waals surface area contributed by atoms with Crippen molar-refractivity contribution < 1.29 is 4.79 Å². The van der Waals surface area contributed by atoms with Gasteiger partial charge >= 0.3 is 0 Å². The van der Waals surface area contributed by atoms with Gasteiger partial charge in [0.25, 0.3) is 0 Å². The summed E-state index contributed by atoms with van der Waals surface area (Å²) in [5.74, 6) is 0.367. The highest BCUT2D eigenvalue weighted by Gasteiger charge is 2.41. The summed E-state index contributed by atoms with van der Waals surface area (Å²) in [6.07, 6.45) is 3.67. The fourth-order valence-corrected chi connectivity index (χ4v) is 2.13. The third-order valence-electron chi connectivity index (χ3n) is 3.19. The fraction of sp³-hybridized carbons (Fsp3) is 0.900. The molecule has 1 N–H and O–H groups in total. The van der Waals surface area contributed by atoms with Crippen LogP contribution in [0.1, 0.15) is 26.2 Å². The third-order valence-corrected chi connectivity index (χ3v) is 3.19. The van der Waals surface area contributed by atoms with Gasteiger partial charge in [-0.3, -0.25) is 4.79 Å². The summed E-state index contributed by atoms with van der Waals surface area (Å²) in [5.41, 5.74) is -0.0860. The summed E-state index contributed by atoms with van der Waals surface area (Å²) in [6.45, 7) is 5.76. The van der Waals surface area contributed by atoms with Crippen molar-refractivity contribution in [2.75, 3.05) is 26.2 Å². The van der Waals surface area contributed by atoms with Crippen molar-refractivity contribution in [3.05, 3.63) is 0 Å². The summed E-state index contributed by atoms with van der Waals surface area (Å²) < 4.78 is 0. The molecule has 2 rings (SSSR count). The quantitative estimate of drug-likeness (QED) is 0.644. The van der Waals surface area contributed by atoms with E-state index in [2.05, 4.69) is 12.2 Å². The van der Waals surface area contributed by atoms with Crippen LogP contribution in [0.25, 0.3) is 0 Å². The maximum absolute atomic E-state index is 12.0. The van der Waals surface area contributed by atoms with Gasteiger partial charge in [0.2, 0.25) is 5.91 Å². The highest BCUT2D eigenvalue weighted by molar-refractivity contribution is 5.84. The molecular weight excluding hydrogens is 164 g/mol. The summed E-state index contributed by atoms with van der Waals surface area (Å²) in [7, 11) is 0. The number of hydrogen-bond donors (Lipinski definition) is 1. The van der Waals surface area contributed by atoms with E-state index in [0.29, 0.717) is 5.91 Å². The number of rotatable bonds is 1. The first kappa shape index (κ1) is 9.00. The first-order valence-electron chi connectivity index (χ1n) is 5.22. The highest BCUT2D eigenvalue weighted by Crippen LogP contribution is 2.25. The fourth-order valence-electron chi connectivity index (χ4n) is 2.13. The van der Waals surface area contributed by atoms with Crippen molar-refractivity contribution >= 4 is 5.91 Å². The van der Waals surface area contributed by atoms with Crippen LogP contribution in [0.5, 0.6) is 0 Å². The second-order valence-electron chi connectivity index (χ2n) is 4.52. The summed E-state index contributed by atoms with van der Waals surface area (Å²) in [4.78, 5) is 14.0. The maximum Gasteiger partial charge on any atom is 0.231 e. The van der Waals surface area contributed by atoms with Crippen molar-refractivity contribution in [2.24, 2.45) is 5.41 Å². The van der Waals surface area contributed by atoms with Crippen molar-refractivity contribution in [3.8, 4) is 0 Å². The predicted molar refractivity (Wildman–Crippen MR) is 51.4 cm³/mol. The lowest BCUT2D eigenvalue weighted by molar-refractivity contribution is -0.144. The summed E-state index contributed by atoms with van der Waals surface area (Å²) in [6, 6.07) is 0. The van der Waals surface area contributed by atoms with E-state index in [9.17, 15) is 4.79 Å². The van der Waals surface area contributed by atoms with Crippen LogP contribution in [0.2, 0.25) is 0 Å². The molecule has 13 heavy (non-hydrogen) atoms. The maximum atomic E-state index is 12.0. The zero-order valence-corrected chi connectivity index (χ0v) is 8.31. The van der Waals surface area contributed by atoms with Gasteiger partial charge in [-0.15, -0.1) is 0 Å². The Labute approximate surface area is 79.5 Å². The van der Waals surface area contributed by atoms with E-state index in [1.807, 2.05) is 4.90 Å². The Morgan fingerprint density at radius 2 is 1.85 bits per heavy atom. The number of carbonyl (C=O) groups excluding carboxylic acids is 1. The molecule has 0 aromatic carbocycles. The molecule has 2 saturated heterocycles. The van der Waals surface area contributed by atoms with Gasteiger partial charge in [-0.25, -0.2) is 0 Å². The van der Waals surface area contributed by atoms with Crippen LogP contribution in [0.15, 0.2) is 0 Å². The molecule has 0 aromatic rings. The standard InChI is InChI=1S/C10H18N2O/c1-10(7-11-8-10)9(13)12-5-3-2-4-6-12/h11H,2-8H2,1H3. The molecule has 2 heterocycles. The van der Waals surface area contributed by atoms with E-state index in [0.717, 1.165) is 26.2 Å². The molecule has 0 spiro atoms. The van der Waals surface area contributed by atoms with Crippen LogP contribution in [-0.4, -0.2) is 37.0 Å². The van der Waals surface area contributed by atoms with E-state index in [1.165, 1.54) is 19.3 Å². The van der Waals surface area contributed by atoms with Gasteiger partial charge in [-0.2, -0.15) is 0 Å². The first-order chi connectivity index (χ1) is 6.22. The van der Waals surface area contributed by atoms with Gasteiger partial charge < -0.3 is 10.2 Å². The zero-order chi connectivity index (χ0) is 9.31. The Bertz CT molecular complexity index is 205. The number of nitrogens with zero attached hydrogens (tertiary/aromatic N) is 1. The molecule has 2 aliphatic rings. The molecule has 3 nitrogen and oxygen atoms in total. The van der Waals surface area contributed by atoms with Crippen LogP contribution in [0.3, 0.4) is 0 Å². The number of hydrogen-bond acceptors (Lipinski definition) is 2. The molecule has 2 fully saturated rings. The molecule has 0 atom stereocenters. The average Bonchev–Trinajstić information content (AvgIpc) is 2.14. The minimum atomic E-state index is -0.0860. The van der Waals surface area contributed by atoms with Gasteiger partial charge in [-0.1, -0.05) is 0 Å². The van der Waals surface area contributed by atoms with Crippen LogP contribution in [0.4, 0.5) is 0 Å². The van der Waals surface area contributed by atoms with Crippen LogP contribution in [0, 0.1) is 5.41 Å². The van der Waals surface area contributed by atoms with E-state index in [-0.39, 0.29) is 5.41 Å². The minimum absolute atomic E-state index is 0.0860. The Kier molecular flexibility index (Phi) is 2.28. The molecule has 2 aliphatic heterocycles. The number of carbonyl (C=O) groups is 1. The third kappa shape index (κ3) is 1.57. The van der Waals surface area contributed by atoms with Gasteiger partial charge in [0.1, 0.15) is 0 Å². The van der Waals surface area contributed by atoms with Crippen molar-refractivity contribution in [1.82, 2.24) is 10.2 Å². The number of piperidine rings is 1. The van der Waals surface area contributed by atoms with Gasteiger partial charge in [0.05, 0.1) is 5.41 Å². The lowest BCUT2D eigenvalue weighted by Crippen LogP contribution is -2.60. The van der Waals surface area contributed by atoms with Gasteiger partial charge in [0, 0.05) is 26.2 Å². The zero-order valence-electron chi connectivity index (χ0n) is 8.31. The van der Waals surface area contributed by atoms with Crippen LogP contribution in [-0.2, 0) is 4.79 Å². The predicted octanol–water partition coefficient (Wildman–Crippen LogP) is 0.608. The first-order valence-corrected chi connectivity index (χ1v) is 5.22. The largest absolute Gasteiger partial charge is 0.342 e. The molecular formula is C10H18N2O. The second kappa shape index (κ2) is 3.29. The van der Waals surface area contributed by atoms with Crippen molar-refractivity contribution in [3.63, 3.8) is 0 Å². The van der Waals surface area contributed by atoms with E-state index < -0.39 is 0 Å². The Hall–Kier alpha value is -0.570. The number of nitrogens with one attached hydrogen (secondary N) is 1. The second-order valence-corrected chi connectivity index (χ2v) is 4.52. The van der Waals surface area contributed by atoms with E-state index in [1.54, 1.807) is 0 Å². The lowest BCUT2D eigenvalue weighted by atomic mass is 9.82. The summed E-state index contributed by atoms with van der Waals surface area (Å²) in [5, 5.41) is 3.17. The molecule has 0 radical (unpaired) electrons. The smallest absolute Gasteiger partial charge is 0.231 e. The molecule has 3 heteroatoms. The average molecular weight is 182 g/mol. The Morgan fingerprint density at radius 3 is 2.31 bits per heavy atom. The van der Waals surface area contributed by atoms with Crippen molar-refractivity contribution in [1.29, 1.82) is 0 Å². The Morgan fingerprint density at radius 1 is 1.23 bits per heavy atom. The number of likely N-dealkylation sites (tertiary alicyclic amines) is 1. The van der Waals surface area contributed by atoms with E-state index >= 15 is 0 Å². The lowest BCUT2D eigenvalue weighted by Gasteiger charge is -2.42. The monoisotopic (exact) mass is 182 g/mol. The Balaban J connectivity index is 1.95. The van der Waals surface area contributed by atoms with Gasteiger partial charge in [0.15, 0.2) is 0 Å². The van der Waals surface area contributed by atoms with Crippen LogP contribution < -0.4 is 5.32 Å². The molecule has 0 saturated carbocycles.